The van der Waals surface area contributed by atoms with Gasteiger partial charge in [0, 0.05) is 5.56 Å². The van der Waals surface area contributed by atoms with Crippen molar-refractivity contribution in [1.29, 1.82) is 0 Å². The summed E-state index contributed by atoms with van der Waals surface area (Å²) in [5.74, 6) is 0.239. The molecule has 25 heavy (non-hydrogen) atoms. The molecule has 1 aromatic heterocycles. The van der Waals surface area contributed by atoms with Crippen LogP contribution in [0.3, 0.4) is 0 Å². The zero-order valence-corrected chi connectivity index (χ0v) is 13.1. The summed E-state index contributed by atoms with van der Waals surface area (Å²) in [6, 6.07) is 18.0. The van der Waals surface area contributed by atoms with Crippen LogP contribution in [0.5, 0.6) is 5.75 Å². The standard InChI is InChI=1S/C19H15F2NO3/c20-19(21)25-15-10-8-14(9-11-15)18(23)22-17(16-7-4-12-24-16)13-5-2-1-3-6-13/h1-12,17,19H,(H,22,23). The van der Waals surface area contributed by atoms with Gasteiger partial charge in [0.15, 0.2) is 0 Å². The molecule has 0 saturated heterocycles. The van der Waals surface area contributed by atoms with Crippen molar-refractivity contribution >= 4 is 5.91 Å². The molecule has 0 aliphatic heterocycles. The van der Waals surface area contributed by atoms with Crippen LogP contribution in [0.15, 0.2) is 77.4 Å². The Bertz CT molecular complexity index is 802. The minimum absolute atomic E-state index is 0.00260. The van der Waals surface area contributed by atoms with E-state index in [0.29, 0.717) is 11.3 Å². The van der Waals surface area contributed by atoms with Gasteiger partial charge in [-0.15, -0.1) is 0 Å². The Kier molecular flexibility index (Phi) is 5.09. The van der Waals surface area contributed by atoms with Crippen molar-refractivity contribution in [2.45, 2.75) is 12.7 Å². The maximum absolute atomic E-state index is 12.5. The summed E-state index contributed by atoms with van der Waals surface area (Å²) in [6.07, 6.45) is 1.54. The molecule has 0 spiro atoms. The van der Waals surface area contributed by atoms with Gasteiger partial charge in [0.2, 0.25) is 0 Å². The number of benzene rings is 2. The minimum Gasteiger partial charge on any atom is -0.467 e. The average molecular weight is 343 g/mol. The van der Waals surface area contributed by atoms with E-state index in [9.17, 15) is 13.6 Å². The molecule has 1 amide bonds. The maximum atomic E-state index is 12.5. The highest BCUT2D eigenvalue weighted by atomic mass is 19.3. The Morgan fingerprint density at radius 2 is 1.68 bits per heavy atom. The van der Waals surface area contributed by atoms with E-state index in [4.69, 9.17) is 4.42 Å². The Morgan fingerprint density at radius 1 is 0.960 bits per heavy atom. The molecule has 2 aromatic carbocycles. The van der Waals surface area contributed by atoms with Crippen molar-refractivity contribution in [3.05, 3.63) is 89.9 Å². The Labute approximate surface area is 143 Å². The largest absolute Gasteiger partial charge is 0.467 e. The van der Waals surface area contributed by atoms with Crippen LogP contribution < -0.4 is 10.1 Å². The lowest BCUT2D eigenvalue weighted by Gasteiger charge is -2.17. The molecule has 1 atom stereocenters. The lowest BCUT2D eigenvalue weighted by molar-refractivity contribution is -0.0498. The summed E-state index contributed by atoms with van der Waals surface area (Å²) in [5.41, 5.74) is 1.19. The fraction of sp³-hybridized carbons (Fsp3) is 0.105. The van der Waals surface area contributed by atoms with Crippen molar-refractivity contribution in [3.8, 4) is 5.75 Å². The van der Waals surface area contributed by atoms with Crippen molar-refractivity contribution in [3.63, 3.8) is 0 Å². The third-order valence-corrected chi connectivity index (χ3v) is 3.58. The van der Waals surface area contributed by atoms with Gasteiger partial charge in [0.1, 0.15) is 17.6 Å². The van der Waals surface area contributed by atoms with Crippen LogP contribution in [0, 0.1) is 0 Å². The predicted octanol–water partition coefficient (Wildman–Crippen LogP) is 4.40. The van der Waals surface area contributed by atoms with E-state index in [2.05, 4.69) is 10.1 Å². The number of hydrogen-bond donors (Lipinski definition) is 1. The molecule has 0 fully saturated rings. The fourth-order valence-corrected chi connectivity index (χ4v) is 2.42. The monoisotopic (exact) mass is 343 g/mol. The van der Waals surface area contributed by atoms with Gasteiger partial charge in [0.05, 0.1) is 6.26 Å². The van der Waals surface area contributed by atoms with Crippen LogP contribution in [0.2, 0.25) is 0 Å². The van der Waals surface area contributed by atoms with Gasteiger partial charge in [-0.05, 0) is 42.0 Å². The molecule has 3 rings (SSSR count). The third-order valence-electron chi connectivity index (χ3n) is 3.58. The maximum Gasteiger partial charge on any atom is 0.387 e. The predicted molar refractivity (Wildman–Crippen MR) is 87.5 cm³/mol. The van der Waals surface area contributed by atoms with Crippen molar-refractivity contribution in [1.82, 2.24) is 5.32 Å². The molecule has 0 bridgehead atoms. The molecule has 1 heterocycles. The van der Waals surface area contributed by atoms with E-state index in [1.165, 1.54) is 30.5 Å². The Hall–Kier alpha value is -3.15. The van der Waals surface area contributed by atoms with Crippen molar-refractivity contribution < 1.29 is 22.7 Å². The number of carbonyl (C=O) groups excluding carboxylic acids is 1. The quantitative estimate of drug-likeness (QED) is 0.722. The molecular formula is C19H15F2NO3. The first kappa shape index (κ1) is 16.7. The number of ether oxygens (including phenoxy) is 1. The Morgan fingerprint density at radius 3 is 2.28 bits per heavy atom. The molecular weight excluding hydrogens is 328 g/mol. The molecule has 6 heteroatoms. The van der Waals surface area contributed by atoms with Crippen LogP contribution in [0.25, 0.3) is 0 Å². The number of carbonyl (C=O) groups is 1. The SMILES string of the molecule is O=C(NC(c1ccccc1)c1ccco1)c1ccc(OC(F)F)cc1. The van der Waals surface area contributed by atoms with Gasteiger partial charge in [-0.3, -0.25) is 4.79 Å². The molecule has 3 aromatic rings. The van der Waals surface area contributed by atoms with Gasteiger partial charge in [-0.1, -0.05) is 30.3 Å². The minimum atomic E-state index is -2.90. The number of alkyl halides is 2. The molecule has 0 radical (unpaired) electrons. The van der Waals surface area contributed by atoms with Gasteiger partial charge >= 0.3 is 6.61 Å². The van der Waals surface area contributed by atoms with E-state index in [-0.39, 0.29) is 11.7 Å². The molecule has 0 aliphatic carbocycles. The second-order valence-electron chi connectivity index (χ2n) is 5.24. The number of nitrogens with one attached hydrogen (secondary N) is 1. The second kappa shape index (κ2) is 7.61. The van der Waals surface area contributed by atoms with Gasteiger partial charge in [-0.2, -0.15) is 8.78 Å². The van der Waals surface area contributed by atoms with E-state index in [0.717, 1.165) is 5.56 Å². The summed E-state index contributed by atoms with van der Waals surface area (Å²) < 4.78 is 34.1. The van der Waals surface area contributed by atoms with E-state index in [1.807, 2.05) is 30.3 Å². The van der Waals surface area contributed by atoms with Crippen molar-refractivity contribution in [2.24, 2.45) is 0 Å². The van der Waals surface area contributed by atoms with E-state index in [1.54, 1.807) is 12.1 Å². The first-order valence-corrected chi connectivity index (χ1v) is 7.57. The topological polar surface area (TPSA) is 51.5 Å². The normalized spacial score (nSPS) is 12.0. The van der Waals surface area contributed by atoms with Crippen LogP contribution in [0.4, 0.5) is 8.78 Å². The smallest absolute Gasteiger partial charge is 0.387 e. The third kappa shape index (κ3) is 4.23. The van der Waals surface area contributed by atoms with Crippen molar-refractivity contribution in [2.75, 3.05) is 0 Å². The van der Waals surface area contributed by atoms with Crippen LogP contribution in [0.1, 0.15) is 27.7 Å². The summed E-state index contributed by atoms with van der Waals surface area (Å²) in [7, 11) is 0. The zero-order valence-electron chi connectivity index (χ0n) is 13.1. The van der Waals surface area contributed by atoms with Gasteiger partial charge in [-0.25, -0.2) is 0 Å². The molecule has 0 aliphatic rings. The highest BCUT2D eigenvalue weighted by Crippen LogP contribution is 2.23. The summed E-state index contributed by atoms with van der Waals surface area (Å²) >= 11 is 0. The summed E-state index contributed by atoms with van der Waals surface area (Å²) in [4.78, 5) is 12.5. The molecule has 1 N–H and O–H groups in total. The molecule has 4 nitrogen and oxygen atoms in total. The van der Waals surface area contributed by atoms with Crippen LogP contribution in [-0.4, -0.2) is 12.5 Å². The number of hydrogen-bond acceptors (Lipinski definition) is 3. The van der Waals surface area contributed by atoms with E-state index >= 15 is 0 Å². The first-order valence-electron chi connectivity index (χ1n) is 7.57. The van der Waals surface area contributed by atoms with Gasteiger partial charge < -0.3 is 14.5 Å². The first-order chi connectivity index (χ1) is 12.1. The zero-order chi connectivity index (χ0) is 17.6. The van der Waals surface area contributed by atoms with E-state index < -0.39 is 12.7 Å². The Balaban J connectivity index is 1.79. The molecule has 128 valence electrons. The number of furan rings is 1. The lowest BCUT2D eigenvalue weighted by Crippen LogP contribution is -2.29. The van der Waals surface area contributed by atoms with Crippen LogP contribution >= 0.6 is 0 Å². The summed E-state index contributed by atoms with van der Waals surface area (Å²) in [5, 5.41) is 2.89. The lowest BCUT2D eigenvalue weighted by atomic mass is 10.0. The molecule has 1 unspecified atom stereocenters. The molecule has 0 saturated carbocycles. The van der Waals surface area contributed by atoms with Crippen LogP contribution in [-0.2, 0) is 0 Å². The average Bonchev–Trinajstić information content (AvgIpc) is 3.14. The van der Waals surface area contributed by atoms with Gasteiger partial charge in [0.25, 0.3) is 5.91 Å². The highest BCUT2D eigenvalue weighted by molar-refractivity contribution is 5.94. The summed E-state index contributed by atoms with van der Waals surface area (Å²) in [6.45, 7) is -2.90. The second-order valence-corrected chi connectivity index (χ2v) is 5.24. The highest BCUT2D eigenvalue weighted by Gasteiger charge is 2.20. The number of halogens is 2. The fourth-order valence-electron chi connectivity index (χ4n) is 2.42. The number of rotatable bonds is 6. The number of amides is 1.